The predicted octanol–water partition coefficient (Wildman–Crippen LogP) is 11.3. The number of alkyl carbamates (subject to hydrolysis) is 2. The molecule has 2 unspecified atom stereocenters. The van der Waals surface area contributed by atoms with Gasteiger partial charge in [-0.1, -0.05) is 141 Å². The minimum Gasteiger partial charge on any atom is -0.481 e. The largest absolute Gasteiger partial charge is 0.481 e. The Hall–Kier alpha value is -5.71. The van der Waals surface area contributed by atoms with Crippen molar-refractivity contribution >= 4 is 29.9 Å². The Morgan fingerprint density at radius 2 is 1.08 bits per heavy atom. The number of hydrogen-bond acceptors (Lipinski definition) is 7. The van der Waals surface area contributed by atoms with Crippen LogP contribution in [0.2, 0.25) is 0 Å². The number of aliphatic carboxylic acids is 2. The Labute approximate surface area is 369 Å². The van der Waals surface area contributed by atoms with E-state index in [1.54, 1.807) is 6.92 Å². The van der Waals surface area contributed by atoms with Gasteiger partial charge in [0.15, 0.2) is 11.9 Å². The van der Waals surface area contributed by atoms with Gasteiger partial charge in [0.2, 0.25) is 0 Å². The van der Waals surface area contributed by atoms with E-state index in [-0.39, 0.29) is 43.2 Å². The van der Waals surface area contributed by atoms with E-state index in [1.807, 2.05) is 82.4 Å². The summed E-state index contributed by atoms with van der Waals surface area (Å²) < 4.78 is 11.1. The molecule has 2 aliphatic rings. The molecule has 2 atom stereocenters. The van der Waals surface area contributed by atoms with E-state index in [0.29, 0.717) is 44.1 Å². The molecule has 0 fully saturated rings. The maximum atomic E-state index is 13.1. The number of nitrogens with one attached hydrogen (secondary N) is 2. The SMILES string of the molecule is CC1=C(/C=C/C(C)=C/C=C/C(C)=C/C=C/C=C(C)/C=C/C=C(C)/C=C/C2=C(C)C(=O)C(OC(=O)NCCCCC(=O)O)CC2(C)C)C(C)(C)CC(OC(=O)NCCCC(=O)O)C1. The average Bonchev–Trinajstić information content (AvgIpc) is 3.16. The molecule has 0 bridgehead atoms. The molecule has 0 aromatic rings. The molecular formula is C51H70N2O9. The van der Waals surface area contributed by atoms with E-state index in [1.165, 1.54) is 11.1 Å². The molecule has 0 spiro atoms. The third kappa shape index (κ3) is 19.8. The summed E-state index contributed by atoms with van der Waals surface area (Å²) in [4.78, 5) is 59.0. The van der Waals surface area contributed by atoms with Crippen molar-refractivity contribution in [3.05, 3.63) is 130 Å². The number of allylic oxidation sites excluding steroid dienone is 20. The number of carbonyl (C=O) groups is 5. The highest BCUT2D eigenvalue weighted by atomic mass is 16.6. The quantitative estimate of drug-likeness (QED) is 0.0648. The highest BCUT2D eigenvalue weighted by Gasteiger charge is 2.40. The number of rotatable bonds is 21. The maximum Gasteiger partial charge on any atom is 0.407 e. The molecule has 0 heterocycles. The van der Waals surface area contributed by atoms with Crippen LogP contribution in [-0.2, 0) is 23.9 Å². The molecule has 11 nitrogen and oxygen atoms in total. The van der Waals surface area contributed by atoms with Crippen LogP contribution in [0, 0.1) is 10.8 Å². The van der Waals surface area contributed by atoms with Crippen LogP contribution in [0.4, 0.5) is 9.59 Å². The third-order valence-electron chi connectivity index (χ3n) is 10.7. The third-order valence-corrected chi connectivity index (χ3v) is 10.7. The van der Waals surface area contributed by atoms with Gasteiger partial charge in [-0.15, -0.1) is 0 Å². The second kappa shape index (κ2) is 25.9. The number of amides is 2. The van der Waals surface area contributed by atoms with Crippen molar-refractivity contribution in [3.8, 4) is 0 Å². The highest BCUT2D eigenvalue weighted by Crippen LogP contribution is 2.43. The first-order valence-corrected chi connectivity index (χ1v) is 21.5. The van der Waals surface area contributed by atoms with E-state index in [4.69, 9.17) is 19.7 Å². The lowest BCUT2D eigenvalue weighted by Crippen LogP contribution is -2.41. The van der Waals surface area contributed by atoms with Crippen molar-refractivity contribution in [1.29, 1.82) is 0 Å². The normalized spacial score (nSPS) is 20.3. The summed E-state index contributed by atoms with van der Waals surface area (Å²) in [5.41, 5.74) is 7.62. The number of unbranched alkanes of at least 4 members (excludes halogenated alkanes) is 1. The van der Waals surface area contributed by atoms with Gasteiger partial charge in [-0.3, -0.25) is 14.4 Å². The van der Waals surface area contributed by atoms with Crippen LogP contribution in [0.1, 0.15) is 121 Å². The Bertz CT molecular complexity index is 1970. The zero-order chi connectivity index (χ0) is 46.5. The fraction of sp³-hybridized carbons (Fsp3) is 0.471. The van der Waals surface area contributed by atoms with Crippen molar-refractivity contribution in [2.75, 3.05) is 13.1 Å². The van der Waals surface area contributed by atoms with Gasteiger partial charge >= 0.3 is 24.1 Å². The number of ether oxygens (including phenoxy) is 2. The van der Waals surface area contributed by atoms with Crippen LogP contribution < -0.4 is 10.6 Å². The van der Waals surface area contributed by atoms with Gasteiger partial charge < -0.3 is 30.3 Å². The number of carboxylic acids is 2. The number of Topliss-reactive ketones (excluding diaryl/α,β-unsaturated/α-hetero) is 1. The lowest BCUT2D eigenvalue weighted by Gasteiger charge is -2.37. The number of ketones is 1. The van der Waals surface area contributed by atoms with E-state index in [0.717, 1.165) is 27.9 Å². The fourth-order valence-electron chi connectivity index (χ4n) is 7.38. The van der Waals surface area contributed by atoms with Crippen LogP contribution in [-0.4, -0.2) is 65.4 Å². The second-order valence-electron chi connectivity index (χ2n) is 17.5. The van der Waals surface area contributed by atoms with E-state index < -0.39 is 35.6 Å². The van der Waals surface area contributed by atoms with Gasteiger partial charge in [0.05, 0.1) is 0 Å². The van der Waals surface area contributed by atoms with Crippen molar-refractivity contribution in [1.82, 2.24) is 10.6 Å². The van der Waals surface area contributed by atoms with Gasteiger partial charge in [0.25, 0.3) is 0 Å². The molecule has 11 heteroatoms. The van der Waals surface area contributed by atoms with Gasteiger partial charge in [-0.2, -0.15) is 0 Å². The fourth-order valence-corrected chi connectivity index (χ4v) is 7.38. The maximum absolute atomic E-state index is 13.1. The van der Waals surface area contributed by atoms with E-state index in [2.05, 4.69) is 75.6 Å². The summed E-state index contributed by atoms with van der Waals surface area (Å²) >= 11 is 0. The van der Waals surface area contributed by atoms with Crippen LogP contribution >= 0.6 is 0 Å². The van der Waals surface area contributed by atoms with Crippen molar-refractivity contribution < 1.29 is 43.7 Å². The number of hydrogen-bond donors (Lipinski definition) is 4. The van der Waals surface area contributed by atoms with Crippen LogP contribution in [0.25, 0.3) is 0 Å². The lowest BCUT2D eigenvalue weighted by molar-refractivity contribution is -0.138. The minimum atomic E-state index is -0.887. The van der Waals surface area contributed by atoms with Crippen LogP contribution in [0.5, 0.6) is 0 Å². The molecule has 0 aliphatic heterocycles. The summed E-state index contributed by atoms with van der Waals surface area (Å²) in [6.07, 6.45) is 29.3. The zero-order valence-electron chi connectivity index (χ0n) is 38.6. The summed E-state index contributed by atoms with van der Waals surface area (Å²) in [7, 11) is 0. The first-order valence-electron chi connectivity index (χ1n) is 21.5. The summed E-state index contributed by atoms with van der Waals surface area (Å²) in [5, 5.41) is 22.8. The standard InChI is InChI=1S/C51H70N2O9/c1-35(20-15-22-37(3)26-28-42-39(5)32-41(33-50(42,7)8)61-48(59)53-31-17-25-46(56)57)18-11-12-19-36(2)21-16-23-38(4)27-29-43-40(6)47(58)44(34-51(43,9)10)62-49(60)52-30-14-13-24-45(54)55/h11-12,15-16,18-23,26-29,41,44H,13-14,17,24-25,30-34H2,1-10H3,(H,52,60)(H,53,59)(H,54,55)(H,56,57)/b12-11+,20-15+,21-16+,28-26+,29-27+,35-18+,36-19+,37-22+,38-23+. The molecule has 0 saturated heterocycles. The van der Waals surface area contributed by atoms with Crippen molar-refractivity contribution in [3.63, 3.8) is 0 Å². The van der Waals surface area contributed by atoms with E-state index in [9.17, 15) is 24.0 Å². The molecule has 0 saturated carbocycles. The average molecular weight is 855 g/mol. The van der Waals surface area contributed by atoms with Crippen molar-refractivity contribution in [2.24, 2.45) is 10.8 Å². The second-order valence-corrected chi connectivity index (χ2v) is 17.5. The minimum absolute atomic E-state index is 0.00564. The predicted molar refractivity (Wildman–Crippen MR) is 247 cm³/mol. The molecule has 2 amide bonds. The Balaban J connectivity index is 1.90. The smallest absolute Gasteiger partial charge is 0.407 e. The molecule has 2 aliphatic carbocycles. The monoisotopic (exact) mass is 855 g/mol. The number of carboxylic acid groups (broad SMARTS) is 2. The molecule has 4 N–H and O–H groups in total. The Morgan fingerprint density at radius 1 is 0.629 bits per heavy atom. The molecule has 2 rings (SSSR count). The molecule has 0 aromatic heterocycles. The Kier molecular flexibility index (Phi) is 21.9. The molecule has 0 aromatic carbocycles. The molecule has 62 heavy (non-hydrogen) atoms. The van der Waals surface area contributed by atoms with E-state index >= 15 is 0 Å². The lowest BCUT2D eigenvalue weighted by atomic mass is 9.71. The molecule has 338 valence electrons. The van der Waals surface area contributed by atoms with Gasteiger partial charge in [0.1, 0.15) is 6.10 Å². The van der Waals surface area contributed by atoms with Gasteiger partial charge in [-0.05, 0) is 94.8 Å². The first kappa shape index (κ1) is 52.4. The van der Waals surface area contributed by atoms with Crippen LogP contribution in [0.3, 0.4) is 0 Å². The topological polar surface area (TPSA) is 168 Å². The summed E-state index contributed by atoms with van der Waals surface area (Å²) in [6.45, 7) is 20.9. The molecule has 0 radical (unpaired) electrons. The molecular weight excluding hydrogens is 785 g/mol. The highest BCUT2D eigenvalue weighted by molar-refractivity contribution is 6.01. The van der Waals surface area contributed by atoms with Crippen molar-refractivity contribution in [2.45, 2.75) is 133 Å². The number of carbonyl (C=O) groups excluding carboxylic acids is 3. The van der Waals surface area contributed by atoms with Gasteiger partial charge in [-0.25, -0.2) is 9.59 Å². The summed E-state index contributed by atoms with van der Waals surface area (Å²) in [6, 6.07) is 0. The summed E-state index contributed by atoms with van der Waals surface area (Å²) in [5.74, 6) is -1.98. The van der Waals surface area contributed by atoms with Crippen LogP contribution in [0.15, 0.2) is 130 Å². The zero-order valence-corrected chi connectivity index (χ0v) is 38.6. The Morgan fingerprint density at radius 3 is 1.61 bits per heavy atom. The van der Waals surface area contributed by atoms with Gasteiger partial charge in [0, 0.05) is 38.8 Å². The first-order chi connectivity index (χ1) is 29.1.